The minimum absolute atomic E-state index is 0.418. The van der Waals surface area contributed by atoms with E-state index in [0.717, 1.165) is 5.76 Å². The van der Waals surface area contributed by atoms with Gasteiger partial charge in [-0.25, -0.2) is 0 Å². The second kappa shape index (κ2) is 4.13. The molecule has 0 spiro atoms. The topological polar surface area (TPSA) is 66.6 Å². The van der Waals surface area contributed by atoms with E-state index >= 15 is 0 Å². The maximum atomic E-state index is 10.6. The minimum atomic E-state index is -0.808. The van der Waals surface area contributed by atoms with Crippen LogP contribution in [0.3, 0.4) is 0 Å². The molecule has 1 atom stereocenters. The van der Waals surface area contributed by atoms with Crippen molar-refractivity contribution in [1.29, 1.82) is 0 Å². The first-order valence-electron chi connectivity index (χ1n) is 4.38. The molecule has 0 aliphatic heterocycles. The summed E-state index contributed by atoms with van der Waals surface area (Å²) in [5.74, 6) is 0.152. The third kappa shape index (κ3) is 2.48. The van der Waals surface area contributed by atoms with Gasteiger partial charge in [-0.2, -0.15) is 0 Å². The largest absolute Gasteiger partial charge is 0.481 e. The fourth-order valence-electron chi connectivity index (χ4n) is 1.12. The molecule has 0 aromatic carbocycles. The Bertz CT molecular complexity index is 322. The standard InChI is InChI=1S/C9H14N2O3/c1-6(9(12)13)5-11(3)8-4-7(2)14-10-8/h4,6H,5H2,1-3H3,(H,12,13). The van der Waals surface area contributed by atoms with Crippen molar-refractivity contribution in [3.63, 3.8) is 0 Å². The third-order valence-electron chi connectivity index (χ3n) is 1.98. The lowest BCUT2D eigenvalue weighted by molar-refractivity contribution is -0.140. The molecular weight excluding hydrogens is 184 g/mol. The average Bonchev–Trinajstić information content (AvgIpc) is 2.51. The number of aromatic nitrogens is 1. The highest BCUT2D eigenvalue weighted by atomic mass is 16.5. The van der Waals surface area contributed by atoms with Gasteiger partial charge in [0.25, 0.3) is 0 Å². The van der Waals surface area contributed by atoms with E-state index in [9.17, 15) is 4.79 Å². The number of nitrogens with zero attached hydrogens (tertiary/aromatic N) is 2. The lowest BCUT2D eigenvalue weighted by Crippen LogP contribution is -2.28. The van der Waals surface area contributed by atoms with Crippen molar-refractivity contribution in [3.8, 4) is 0 Å². The molecule has 0 fully saturated rings. The molecule has 1 aromatic rings. The van der Waals surface area contributed by atoms with Gasteiger partial charge in [0.2, 0.25) is 0 Å². The van der Waals surface area contributed by atoms with E-state index in [-0.39, 0.29) is 0 Å². The number of carbonyl (C=O) groups is 1. The van der Waals surface area contributed by atoms with Crippen molar-refractivity contribution in [2.75, 3.05) is 18.5 Å². The fraction of sp³-hybridized carbons (Fsp3) is 0.556. The van der Waals surface area contributed by atoms with Gasteiger partial charge < -0.3 is 14.5 Å². The van der Waals surface area contributed by atoms with E-state index in [1.54, 1.807) is 31.9 Å². The van der Waals surface area contributed by atoms with Gasteiger partial charge in [-0.3, -0.25) is 4.79 Å². The Morgan fingerprint density at radius 3 is 2.86 bits per heavy atom. The molecule has 1 N–H and O–H groups in total. The Labute approximate surface area is 82.3 Å². The van der Waals surface area contributed by atoms with Crippen molar-refractivity contribution in [2.45, 2.75) is 13.8 Å². The third-order valence-corrected chi connectivity index (χ3v) is 1.98. The van der Waals surface area contributed by atoms with E-state index in [2.05, 4.69) is 5.16 Å². The summed E-state index contributed by atoms with van der Waals surface area (Å²) in [5, 5.41) is 12.5. The predicted octanol–water partition coefficient (Wildman–Crippen LogP) is 1.14. The molecule has 1 aromatic heterocycles. The second-order valence-corrected chi connectivity index (χ2v) is 3.42. The summed E-state index contributed by atoms with van der Waals surface area (Å²) < 4.78 is 4.89. The molecule has 0 aliphatic carbocycles. The van der Waals surface area contributed by atoms with Gasteiger partial charge >= 0.3 is 5.97 Å². The van der Waals surface area contributed by atoms with Gasteiger partial charge in [-0.05, 0) is 6.92 Å². The molecular formula is C9H14N2O3. The van der Waals surface area contributed by atoms with Gasteiger partial charge in [0.15, 0.2) is 5.82 Å². The van der Waals surface area contributed by atoms with Crippen molar-refractivity contribution >= 4 is 11.8 Å². The number of aliphatic carboxylic acids is 1. The highest BCUT2D eigenvalue weighted by Gasteiger charge is 2.15. The Morgan fingerprint density at radius 2 is 2.43 bits per heavy atom. The van der Waals surface area contributed by atoms with Crippen molar-refractivity contribution in [2.24, 2.45) is 5.92 Å². The van der Waals surface area contributed by atoms with Crippen LogP contribution in [0.15, 0.2) is 10.6 Å². The lowest BCUT2D eigenvalue weighted by atomic mass is 10.2. The van der Waals surface area contributed by atoms with Crippen LogP contribution in [0.5, 0.6) is 0 Å². The summed E-state index contributed by atoms with van der Waals surface area (Å²) in [5.41, 5.74) is 0. The predicted molar refractivity (Wildman–Crippen MR) is 51.3 cm³/mol. The Morgan fingerprint density at radius 1 is 1.79 bits per heavy atom. The molecule has 1 unspecified atom stereocenters. The van der Waals surface area contributed by atoms with Crippen LogP contribution in [0, 0.1) is 12.8 Å². The van der Waals surface area contributed by atoms with Crippen LogP contribution in [0.1, 0.15) is 12.7 Å². The second-order valence-electron chi connectivity index (χ2n) is 3.42. The molecule has 5 heteroatoms. The first kappa shape index (κ1) is 10.6. The van der Waals surface area contributed by atoms with Crippen LogP contribution in [-0.4, -0.2) is 29.8 Å². The SMILES string of the molecule is Cc1cc(N(C)CC(C)C(=O)O)no1. The van der Waals surface area contributed by atoms with Crippen LogP contribution >= 0.6 is 0 Å². The minimum Gasteiger partial charge on any atom is -0.481 e. The van der Waals surface area contributed by atoms with Gasteiger partial charge in [0.1, 0.15) is 5.76 Å². The zero-order valence-corrected chi connectivity index (χ0v) is 8.52. The number of rotatable bonds is 4. The molecule has 1 heterocycles. The van der Waals surface area contributed by atoms with Crippen molar-refractivity contribution < 1.29 is 14.4 Å². The Hall–Kier alpha value is -1.52. The lowest BCUT2D eigenvalue weighted by Gasteiger charge is -2.17. The van der Waals surface area contributed by atoms with Crippen LogP contribution in [-0.2, 0) is 4.79 Å². The molecule has 0 bridgehead atoms. The van der Waals surface area contributed by atoms with Gasteiger partial charge in [0.05, 0.1) is 5.92 Å². The summed E-state index contributed by atoms with van der Waals surface area (Å²) >= 11 is 0. The normalized spacial score (nSPS) is 12.5. The molecule has 0 saturated heterocycles. The first-order chi connectivity index (χ1) is 6.50. The van der Waals surface area contributed by atoms with Crippen molar-refractivity contribution in [3.05, 3.63) is 11.8 Å². The number of anilines is 1. The Balaban J connectivity index is 2.58. The Kier molecular flexibility index (Phi) is 3.11. The van der Waals surface area contributed by atoms with E-state index < -0.39 is 11.9 Å². The number of hydrogen-bond donors (Lipinski definition) is 1. The summed E-state index contributed by atoms with van der Waals surface area (Å²) in [6.07, 6.45) is 0. The van der Waals surface area contributed by atoms with E-state index in [0.29, 0.717) is 12.4 Å². The number of carboxylic acid groups (broad SMARTS) is 1. The van der Waals surface area contributed by atoms with Crippen LogP contribution in [0.25, 0.3) is 0 Å². The highest BCUT2D eigenvalue weighted by Crippen LogP contribution is 2.13. The van der Waals surface area contributed by atoms with E-state index in [1.807, 2.05) is 0 Å². The average molecular weight is 198 g/mol. The van der Waals surface area contributed by atoms with E-state index in [4.69, 9.17) is 9.63 Å². The summed E-state index contributed by atoms with van der Waals surface area (Å²) in [4.78, 5) is 12.4. The summed E-state index contributed by atoms with van der Waals surface area (Å²) in [6.45, 7) is 3.87. The molecule has 0 radical (unpaired) electrons. The fourth-order valence-corrected chi connectivity index (χ4v) is 1.12. The number of carboxylic acids is 1. The van der Waals surface area contributed by atoms with Crippen LogP contribution < -0.4 is 4.90 Å². The smallest absolute Gasteiger partial charge is 0.308 e. The molecule has 0 saturated carbocycles. The quantitative estimate of drug-likeness (QED) is 0.785. The van der Waals surface area contributed by atoms with Gasteiger partial charge in [-0.1, -0.05) is 12.1 Å². The zero-order chi connectivity index (χ0) is 10.7. The maximum Gasteiger partial charge on any atom is 0.308 e. The molecule has 0 amide bonds. The van der Waals surface area contributed by atoms with Gasteiger partial charge in [0, 0.05) is 19.7 Å². The number of hydrogen-bond acceptors (Lipinski definition) is 4. The van der Waals surface area contributed by atoms with Gasteiger partial charge in [-0.15, -0.1) is 0 Å². The summed E-state index contributed by atoms with van der Waals surface area (Å²) in [6, 6.07) is 1.77. The van der Waals surface area contributed by atoms with Crippen LogP contribution in [0.4, 0.5) is 5.82 Å². The molecule has 1 rings (SSSR count). The van der Waals surface area contributed by atoms with E-state index in [1.165, 1.54) is 0 Å². The first-order valence-corrected chi connectivity index (χ1v) is 4.38. The van der Waals surface area contributed by atoms with Crippen LogP contribution in [0.2, 0.25) is 0 Å². The highest BCUT2D eigenvalue weighted by molar-refractivity contribution is 5.70. The number of aryl methyl sites for hydroxylation is 1. The van der Waals surface area contributed by atoms with Crippen molar-refractivity contribution in [1.82, 2.24) is 5.16 Å². The summed E-state index contributed by atoms with van der Waals surface area (Å²) in [7, 11) is 1.79. The molecule has 0 aliphatic rings. The zero-order valence-electron chi connectivity index (χ0n) is 8.52. The maximum absolute atomic E-state index is 10.6. The molecule has 5 nitrogen and oxygen atoms in total. The molecule has 14 heavy (non-hydrogen) atoms. The molecule has 78 valence electrons. The monoisotopic (exact) mass is 198 g/mol.